The molecule has 1 aromatic rings. The molecule has 184 valence electrons. The first-order valence-electron chi connectivity index (χ1n) is 13.2. The molecular weight excluding hydrogens is 430 g/mol. The van der Waals surface area contributed by atoms with Gasteiger partial charge >= 0.3 is 0 Å². The lowest BCUT2D eigenvalue weighted by Crippen LogP contribution is -2.53. The number of hydrogen-bond acceptors (Lipinski definition) is 3. The quantitative estimate of drug-likeness (QED) is 0.549. The van der Waals surface area contributed by atoms with Crippen molar-refractivity contribution in [2.24, 2.45) is 17.3 Å². The predicted molar refractivity (Wildman–Crippen MR) is 138 cm³/mol. The summed E-state index contributed by atoms with van der Waals surface area (Å²) in [4.78, 5) is 2.51. The van der Waals surface area contributed by atoms with Crippen molar-refractivity contribution in [3.05, 3.63) is 46.0 Å². The Labute approximate surface area is 207 Å². The lowest BCUT2D eigenvalue weighted by atomic mass is 9.57. The molecule has 0 amide bonds. The van der Waals surface area contributed by atoms with Crippen LogP contribution in [-0.2, 0) is 6.42 Å². The molecule has 8 atom stereocenters. The number of likely N-dealkylation sites (N-methyl/N-ethyl adjacent to an activating group) is 1. The average Bonchev–Trinajstić information content (AvgIpc) is 3.14. The first-order chi connectivity index (χ1) is 15.2. The van der Waals surface area contributed by atoms with Gasteiger partial charge in [-0.3, -0.25) is 4.90 Å². The lowest BCUT2D eigenvalue weighted by Gasteiger charge is -2.48. The van der Waals surface area contributed by atoms with E-state index in [1.165, 1.54) is 23.1 Å². The molecule has 3 aliphatic carbocycles. The highest BCUT2D eigenvalue weighted by Crippen LogP contribution is 2.60. The second-order valence-corrected chi connectivity index (χ2v) is 11.8. The van der Waals surface area contributed by atoms with Crippen molar-refractivity contribution >= 4 is 12.4 Å². The van der Waals surface area contributed by atoms with E-state index in [4.69, 9.17) is 0 Å². The van der Waals surface area contributed by atoms with Gasteiger partial charge in [-0.05, 0) is 103 Å². The molecule has 4 heteroatoms. The number of aliphatic hydroxyl groups is 2. The van der Waals surface area contributed by atoms with Crippen molar-refractivity contribution in [3.63, 3.8) is 0 Å². The second kappa shape index (κ2) is 9.30. The molecule has 0 radical (unpaired) electrons. The smallest absolute Gasteiger partial charge is 0.0704 e. The fourth-order valence-electron chi connectivity index (χ4n) is 8.24. The summed E-state index contributed by atoms with van der Waals surface area (Å²) in [6.07, 6.45) is 8.25. The molecule has 4 aliphatic rings. The van der Waals surface area contributed by atoms with Crippen molar-refractivity contribution in [1.82, 2.24) is 4.90 Å². The first-order valence-corrected chi connectivity index (χ1v) is 13.2. The van der Waals surface area contributed by atoms with Gasteiger partial charge in [-0.15, -0.1) is 12.4 Å². The van der Waals surface area contributed by atoms with Gasteiger partial charge in [-0.1, -0.05) is 51.5 Å². The van der Waals surface area contributed by atoms with E-state index in [0.717, 1.165) is 45.2 Å². The fraction of sp³-hybridized carbons (Fsp3) is 0.724. The Bertz CT molecular complexity index is 913. The van der Waals surface area contributed by atoms with Gasteiger partial charge in [0.1, 0.15) is 0 Å². The van der Waals surface area contributed by atoms with Gasteiger partial charge in [0, 0.05) is 12.6 Å². The van der Waals surface area contributed by atoms with Crippen LogP contribution in [0.25, 0.3) is 0 Å². The predicted octanol–water partition coefficient (Wildman–Crippen LogP) is 5.75. The van der Waals surface area contributed by atoms with Crippen LogP contribution in [0.3, 0.4) is 0 Å². The second-order valence-electron chi connectivity index (χ2n) is 11.8. The summed E-state index contributed by atoms with van der Waals surface area (Å²) >= 11 is 0. The van der Waals surface area contributed by atoms with Gasteiger partial charge in [0.15, 0.2) is 0 Å². The number of likely N-dealkylation sites (tertiary alicyclic amines) is 1. The molecule has 5 rings (SSSR count). The fourth-order valence-corrected chi connectivity index (χ4v) is 8.24. The van der Waals surface area contributed by atoms with Crippen LogP contribution in [0.5, 0.6) is 0 Å². The van der Waals surface area contributed by atoms with Crippen LogP contribution >= 0.6 is 12.4 Å². The van der Waals surface area contributed by atoms with Crippen LogP contribution in [0.15, 0.2) is 23.8 Å². The lowest BCUT2D eigenvalue weighted by molar-refractivity contribution is -0.0184. The molecule has 0 spiro atoms. The Balaban J connectivity index is 0.00000259. The zero-order valence-corrected chi connectivity index (χ0v) is 22.0. The summed E-state index contributed by atoms with van der Waals surface area (Å²) in [7, 11) is 0. The highest BCUT2D eigenvalue weighted by atomic mass is 35.5. The maximum atomic E-state index is 11.0. The van der Waals surface area contributed by atoms with Crippen LogP contribution in [0.4, 0.5) is 0 Å². The van der Waals surface area contributed by atoms with Gasteiger partial charge in [-0.25, -0.2) is 0 Å². The molecule has 3 nitrogen and oxygen atoms in total. The number of rotatable bonds is 3. The Kier molecular flexibility index (Phi) is 7.11. The standard InChI is InChI=1S/C29H43NO2.ClH/c1-6-30-16-17(2)13-27(32)28(30)19(4)22-9-10-23-24-8-7-20-14-21(31)11-12-29(20,5)26(24)15-25(23)18(22)3;/h7,9-10,17,19,21,24,26-28,31-32H,6,8,11-16H2,1-5H3;1H/t17-,19-,21?,24-,26-,27?,28-,29-;/m0./s1. The van der Waals surface area contributed by atoms with Gasteiger partial charge in [0.25, 0.3) is 0 Å². The van der Waals surface area contributed by atoms with Gasteiger partial charge in [0.2, 0.25) is 0 Å². The molecule has 33 heavy (non-hydrogen) atoms. The Hall–Kier alpha value is -0.870. The molecule has 2 unspecified atom stereocenters. The normalized spacial score (nSPS) is 39.1. The molecule has 2 fully saturated rings. The Morgan fingerprint density at radius 2 is 1.97 bits per heavy atom. The summed E-state index contributed by atoms with van der Waals surface area (Å²) < 4.78 is 0. The molecular formula is C29H44ClNO2. The van der Waals surface area contributed by atoms with E-state index in [2.05, 4.69) is 57.7 Å². The Morgan fingerprint density at radius 1 is 1.21 bits per heavy atom. The number of fused-ring (bicyclic) bond motifs is 5. The van der Waals surface area contributed by atoms with Crippen LogP contribution in [0.2, 0.25) is 0 Å². The Morgan fingerprint density at radius 3 is 2.70 bits per heavy atom. The van der Waals surface area contributed by atoms with E-state index in [9.17, 15) is 10.2 Å². The third-order valence-electron chi connectivity index (χ3n) is 10.0. The van der Waals surface area contributed by atoms with Crippen molar-refractivity contribution < 1.29 is 10.2 Å². The summed E-state index contributed by atoms with van der Waals surface area (Å²) in [5.41, 5.74) is 7.86. The molecule has 0 bridgehead atoms. The number of hydrogen-bond donors (Lipinski definition) is 2. The number of benzene rings is 1. The number of halogens is 1. The maximum Gasteiger partial charge on any atom is 0.0704 e. The molecule has 1 aliphatic heterocycles. The highest BCUT2D eigenvalue weighted by Gasteiger charge is 2.50. The number of piperidine rings is 1. The monoisotopic (exact) mass is 473 g/mol. The summed E-state index contributed by atoms with van der Waals surface area (Å²) in [5.74, 6) is 2.20. The first kappa shape index (κ1) is 25.2. The van der Waals surface area contributed by atoms with E-state index in [-0.39, 0.29) is 36.1 Å². The summed E-state index contributed by atoms with van der Waals surface area (Å²) in [5, 5.41) is 21.3. The number of allylic oxidation sites excluding steroid dienone is 1. The van der Waals surface area contributed by atoms with Gasteiger partial charge in [0.05, 0.1) is 12.2 Å². The minimum atomic E-state index is -0.247. The molecule has 0 aromatic heterocycles. The molecule has 1 aromatic carbocycles. The van der Waals surface area contributed by atoms with Crippen LogP contribution in [0.1, 0.15) is 93.9 Å². The van der Waals surface area contributed by atoms with Crippen molar-refractivity contribution in [2.45, 2.75) is 103 Å². The average molecular weight is 474 g/mol. The minimum Gasteiger partial charge on any atom is -0.393 e. The third kappa shape index (κ3) is 4.01. The van der Waals surface area contributed by atoms with E-state index < -0.39 is 0 Å². The maximum absolute atomic E-state index is 11.0. The molecule has 1 heterocycles. The van der Waals surface area contributed by atoms with Crippen LogP contribution in [0, 0.1) is 24.2 Å². The largest absolute Gasteiger partial charge is 0.393 e. The van der Waals surface area contributed by atoms with E-state index in [0.29, 0.717) is 23.7 Å². The third-order valence-corrected chi connectivity index (χ3v) is 10.0. The van der Waals surface area contributed by atoms with Crippen molar-refractivity contribution in [1.29, 1.82) is 0 Å². The zero-order valence-electron chi connectivity index (χ0n) is 21.2. The van der Waals surface area contributed by atoms with E-state index >= 15 is 0 Å². The van der Waals surface area contributed by atoms with E-state index in [1.54, 1.807) is 11.1 Å². The molecule has 2 N–H and O–H groups in total. The van der Waals surface area contributed by atoms with Crippen molar-refractivity contribution in [3.8, 4) is 0 Å². The van der Waals surface area contributed by atoms with Gasteiger partial charge < -0.3 is 10.2 Å². The topological polar surface area (TPSA) is 43.7 Å². The van der Waals surface area contributed by atoms with Crippen molar-refractivity contribution in [2.75, 3.05) is 13.1 Å². The summed E-state index contributed by atoms with van der Waals surface area (Å²) in [6.45, 7) is 13.8. The number of aliphatic hydroxyl groups excluding tert-OH is 2. The van der Waals surface area contributed by atoms with Crippen LogP contribution < -0.4 is 0 Å². The zero-order chi connectivity index (χ0) is 22.8. The number of nitrogens with zero attached hydrogens (tertiary/aromatic N) is 1. The minimum absolute atomic E-state index is 0. The highest BCUT2D eigenvalue weighted by molar-refractivity contribution is 5.85. The van der Waals surface area contributed by atoms with Crippen LogP contribution in [-0.4, -0.2) is 46.5 Å². The molecule has 1 saturated heterocycles. The van der Waals surface area contributed by atoms with Gasteiger partial charge in [-0.2, -0.15) is 0 Å². The molecule has 1 saturated carbocycles. The SMILES string of the molecule is CCN1C[C@@H](C)CC(O)[C@@H]1[C@@H](C)c1ccc2c(c1C)C[C@H]1[C@H]2CC=C2CC(O)CC[C@@]21C.Cl. The van der Waals surface area contributed by atoms with E-state index in [1.807, 2.05) is 0 Å². The summed E-state index contributed by atoms with van der Waals surface area (Å²) in [6, 6.07) is 5.04.